The molecular formula is C13H14BrFO. The predicted octanol–water partition coefficient (Wildman–Crippen LogP) is 4.27. The third-order valence-corrected chi connectivity index (χ3v) is 3.67. The van der Waals surface area contributed by atoms with Crippen LogP contribution in [0.15, 0.2) is 16.6 Å². The Balaban J connectivity index is 2.35. The Kier molecular flexibility index (Phi) is 3.43. The first-order valence-corrected chi connectivity index (χ1v) is 6.38. The average molecular weight is 285 g/mol. The summed E-state index contributed by atoms with van der Waals surface area (Å²) in [5, 5.41) is 0. The van der Waals surface area contributed by atoms with Crippen molar-refractivity contribution in [1.82, 2.24) is 0 Å². The van der Waals surface area contributed by atoms with Crippen molar-refractivity contribution >= 4 is 21.7 Å². The molecule has 0 spiro atoms. The van der Waals surface area contributed by atoms with E-state index < -0.39 is 0 Å². The Morgan fingerprint density at radius 3 is 2.62 bits per heavy atom. The second kappa shape index (κ2) is 4.66. The Morgan fingerprint density at radius 1 is 1.38 bits per heavy atom. The number of benzene rings is 1. The summed E-state index contributed by atoms with van der Waals surface area (Å²) in [5.41, 5.74) is 0.773. The van der Waals surface area contributed by atoms with Crippen LogP contribution in [0.3, 0.4) is 0 Å². The lowest BCUT2D eigenvalue weighted by Gasteiger charge is -2.10. The van der Waals surface area contributed by atoms with Crippen LogP contribution in [-0.4, -0.2) is 5.78 Å². The highest BCUT2D eigenvalue weighted by Gasteiger charge is 2.26. The molecule has 0 bridgehead atoms. The molecule has 0 N–H and O–H groups in total. The van der Waals surface area contributed by atoms with Gasteiger partial charge in [0.1, 0.15) is 5.82 Å². The number of Topliss-reactive ketones (excluding diaryl/α,β-unsaturated/α-hetero) is 1. The number of aryl methyl sites for hydroxylation is 1. The van der Waals surface area contributed by atoms with E-state index >= 15 is 0 Å². The smallest absolute Gasteiger partial charge is 0.168 e. The first kappa shape index (κ1) is 11.8. The van der Waals surface area contributed by atoms with Crippen LogP contribution in [0.25, 0.3) is 0 Å². The van der Waals surface area contributed by atoms with Crippen LogP contribution in [0.5, 0.6) is 0 Å². The largest absolute Gasteiger partial charge is 0.294 e. The van der Waals surface area contributed by atoms with E-state index in [1.807, 2.05) is 0 Å². The minimum Gasteiger partial charge on any atom is -0.294 e. The van der Waals surface area contributed by atoms with Crippen LogP contribution in [-0.2, 0) is 0 Å². The highest BCUT2D eigenvalue weighted by molar-refractivity contribution is 9.10. The number of carbonyl (C=O) groups excluding carboxylic acids is 1. The van der Waals surface area contributed by atoms with E-state index in [1.54, 1.807) is 19.1 Å². The van der Waals surface area contributed by atoms with Gasteiger partial charge in [-0.2, -0.15) is 0 Å². The predicted molar refractivity (Wildman–Crippen MR) is 65.1 cm³/mol. The quantitative estimate of drug-likeness (QED) is 0.742. The zero-order chi connectivity index (χ0) is 11.7. The molecule has 0 aromatic heterocycles. The summed E-state index contributed by atoms with van der Waals surface area (Å²) in [5.74, 6) is -0.359. The van der Waals surface area contributed by atoms with Crippen molar-refractivity contribution in [2.75, 3.05) is 0 Å². The second-order valence-corrected chi connectivity index (χ2v) is 5.35. The fourth-order valence-electron chi connectivity index (χ4n) is 2.31. The molecule has 1 aliphatic rings. The molecule has 0 amide bonds. The van der Waals surface area contributed by atoms with Gasteiger partial charge < -0.3 is 0 Å². The van der Waals surface area contributed by atoms with Crippen molar-refractivity contribution in [3.8, 4) is 0 Å². The van der Waals surface area contributed by atoms with E-state index in [4.69, 9.17) is 0 Å². The molecule has 1 aromatic carbocycles. The van der Waals surface area contributed by atoms with Crippen molar-refractivity contribution in [1.29, 1.82) is 0 Å². The molecule has 1 saturated carbocycles. The van der Waals surface area contributed by atoms with Gasteiger partial charge in [0.05, 0.1) is 5.56 Å². The normalized spacial score (nSPS) is 16.7. The third kappa shape index (κ3) is 2.19. The molecule has 3 heteroatoms. The van der Waals surface area contributed by atoms with E-state index in [0.717, 1.165) is 30.2 Å². The fraction of sp³-hybridized carbons (Fsp3) is 0.462. The SMILES string of the molecule is Cc1cc(Br)cc(C(=O)C2CCCC2)c1F. The molecule has 1 fully saturated rings. The van der Waals surface area contributed by atoms with Gasteiger partial charge in [0.25, 0.3) is 0 Å². The highest BCUT2D eigenvalue weighted by atomic mass is 79.9. The number of carbonyl (C=O) groups is 1. The van der Waals surface area contributed by atoms with Gasteiger partial charge in [-0.05, 0) is 37.5 Å². The third-order valence-electron chi connectivity index (χ3n) is 3.21. The Labute approximate surface area is 103 Å². The van der Waals surface area contributed by atoms with Gasteiger partial charge in [-0.3, -0.25) is 4.79 Å². The molecule has 0 aliphatic heterocycles. The Bertz CT molecular complexity index is 422. The number of hydrogen-bond donors (Lipinski definition) is 0. The fourth-order valence-corrected chi connectivity index (χ4v) is 2.89. The summed E-state index contributed by atoms with van der Waals surface area (Å²) >= 11 is 3.31. The van der Waals surface area contributed by atoms with E-state index in [-0.39, 0.29) is 23.1 Å². The number of ketones is 1. The van der Waals surface area contributed by atoms with Gasteiger partial charge in [0.15, 0.2) is 5.78 Å². The zero-order valence-electron chi connectivity index (χ0n) is 9.22. The van der Waals surface area contributed by atoms with Crippen molar-refractivity contribution in [3.63, 3.8) is 0 Å². The minimum absolute atomic E-state index is 0.0283. The lowest BCUT2D eigenvalue weighted by molar-refractivity contribution is 0.0918. The standard InChI is InChI=1S/C13H14BrFO/c1-8-6-10(14)7-11(12(8)15)13(16)9-4-2-3-5-9/h6-7,9H,2-5H2,1H3. The summed E-state index contributed by atoms with van der Waals surface area (Å²) in [6, 6.07) is 3.30. The van der Waals surface area contributed by atoms with Gasteiger partial charge in [-0.1, -0.05) is 28.8 Å². The van der Waals surface area contributed by atoms with E-state index in [2.05, 4.69) is 15.9 Å². The summed E-state index contributed by atoms with van der Waals surface area (Å²) in [6.07, 6.45) is 3.99. The van der Waals surface area contributed by atoms with E-state index in [9.17, 15) is 9.18 Å². The maximum atomic E-state index is 13.8. The average Bonchev–Trinajstić information content (AvgIpc) is 2.75. The Morgan fingerprint density at radius 2 is 2.00 bits per heavy atom. The molecule has 1 aliphatic carbocycles. The van der Waals surface area contributed by atoms with Crippen LogP contribution in [0.4, 0.5) is 4.39 Å². The molecule has 86 valence electrons. The van der Waals surface area contributed by atoms with Crippen molar-refractivity contribution in [2.24, 2.45) is 5.92 Å². The summed E-state index contributed by atoms with van der Waals surface area (Å²) in [7, 11) is 0. The van der Waals surface area contributed by atoms with Gasteiger partial charge >= 0.3 is 0 Å². The van der Waals surface area contributed by atoms with Gasteiger partial charge in [-0.15, -0.1) is 0 Å². The molecule has 2 rings (SSSR count). The van der Waals surface area contributed by atoms with Crippen molar-refractivity contribution in [2.45, 2.75) is 32.6 Å². The van der Waals surface area contributed by atoms with Crippen LogP contribution in [0.2, 0.25) is 0 Å². The summed E-state index contributed by atoms with van der Waals surface area (Å²) in [4.78, 5) is 12.1. The monoisotopic (exact) mass is 284 g/mol. The Hall–Kier alpha value is -0.700. The summed E-state index contributed by atoms with van der Waals surface area (Å²) in [6.45, 7) is 1.69. The molecule has 1 nitrogen and oxygen atoms in total. The van der Waals surface area contributed by atoms with Crippen LogP contribution in [0.1, 0.15) is 41.6 Å². The molecular weight excluding hydrogens is 271 g/mol. The first-order valence-electron chi connectivity index (χ1n) is 5.59. The molecule has 0 heterocycles. The van der Waals surface area contributed by atoms with Crippen LogP contribution >= 0.6 is 15.9 Å². The molecule has 0 radical (unpaired) electrons. The van der Waals surface area contributed by atoms with Crippen molar-refractivity contribution in [3.05, 3.63) is 33.5 Å². The number of hydrogen-bond acceptors (Lipinski definition) is 1. The minimum atomic E-state index is -0.361. The zero-order valence-corrected chi connectivity index (χ0v) is 10.8. The summed E-state index contributed by atoms with van der Waals surface area (Å²) < 4.78 is 14.6. The molecule has 1 aromatic rings. The van der Waals surface area contributed by atoms with E-state index in [0.29, 0.717) is 5.56 Å². The van der Waals surface area contributed by atoms with Gasteiger partial charge in [-0.25, -0.2) is 4.39 Å². The van der Waals surface area contributed by atoms with Gasteiger partial charge in [0, 0.05) is 10.4 Å². The lowest BCUT2D eigenvalue weighted by atomic mass is 9.95. The highest BCUT2D eigenvalue weighted by Crippen LogP contribution is 2.30. The second-order valence-electron chi connectivity index (χ2n) is 4.43. The van der Waals surface area contributed by atoms with E-state index in [1.165, 1.54) is 0 Å². The van der Waals surface area contributed by atoms with Crippen molar-refractivity contribution < 1.29 is 9.18 Å². The topological polar surface area (TPSA) is 17.1 Å². The molecule has 0 atom stereocenters. The van der Waals surface area contributed by atoms with Gasteiger partial charge in [0.2, 0.25) is 0 Å². The molecule has 0 saturated heterocycles. The van der Waals surface area contributed by atoms with Crippen LogP contribution < -0.4 is 0 Å². The maximum Gasteiger partial charge on any atom is 0.168 e. The van der Waals surface area contributed by atoms with Crippen LogP contribution in [0, 0.1) is 18.7 Å². The maximum absolute atomic E-state index is 13.8. The lowest BCUT2D eigenvalue weighted by Crippen LogP contribution is -2.13. The first-order chi connectivity index (χ1) is 7.59. The molecule has 0 unspecified atom stereocenters. The number of rotatable bonds is 2. The molecule has 16 heavy (non-hydrogen) atoms. The number of halogens is 2.